The molecule has 0 fully saturated rings. The number of hydrogen-bond acceptors (Lipinski definition) is 7. The molecule has 0 aliphatic carbocycles. The molecular weight excluding hydrogens is 496 g/mol. The predicted octanol–water partition coefficient (Wildman–Crippen LogP) is 6.50. The van der Waals surface area contributed by atoms with Gasteiger partial charge in [0.25, 0.3) is 0 Å². The van der Waals surface area contributed by atoms with Crippen molar-refractivity contribution in [2.45, 2.75) is 19.3 Å². The number of fused-ring (bicyclic) bond motifs is 2. The molecule has 0 N–H and O–H groups in total. The van der Waals surface area contributed by atoms with Gasteiger partial charge in [-0.15, -0.1) is 0 Å². The van der Waals surface area contributed by atoms with Crippen LogP contribution >= 0.6 is 0 Å². The monoisotopic (exact) mass is 520 g/mol. The summed E-state index contributed by atoms with van der Waals surface area (Å²) in [6.45, 7) is 3.74. The van der Waals surface area contributed by atoms with Crippen molar-refractivity contribution in [1.29, 1.82) is 0 Å². The number of ether oxygens (including phenoxy) is 1. The molecule has 0 saturated heterocycles. The summed E-state index contributed by atoms with van der Waals surface area (Å²) in [7, 11) is 0. The van der Waals surface area contributed by atoms with E-state index in [0.717, 1.165) is 56.5 Å². The Bertz CT molecular complexity index is 1710. The number of rotatable bonds is 4. The van der Waals surface area contributed by atoms with Crippen LogP contribution in [0.3, 0.4) is 0 Å². The fourth-order valence-electron chi connectivity index (χ4n) is 5.34. The first-order chi connectivity index (χ1) is 19.6. The van der Waals surface area contributed by atoms with Crippen LogP contribution in [-0.4, -0.2) is 29.9 Å². The van der Waals surface area contributed by atoms with E-state index in [1.807, 2.05) is 99.3 Å². The lowest BCUT2D eigenvalue weighted by Crippen LogP contribution is -2.36. The van der Waals surface area contributed by atoms with E-state index in [-0.39, 0.29) is 0 Å². The van der Waals surface area contributed by atoms with E-state index in [1.165, 1.54) is 0 Å². The Morgan fingerprint density at radius 2 is 0.925 bits per heavy atom. The van der Waals surface area contributed by atoms with E-state index in [0.29, 0.717) is 11.6 Å². The van der Waals surface area contributed by atoms with Gasteiger partial charge < -0.3 is 4.74 Å². The second-order valence-corrected chi connectivity index (χ2v) is 9.70. The Morgan fingerprint density at radius 3 is 1.38 bits per heavy atom. The summed E-state index contributed by atoms with van der Waals surface area (Å²) in [6, 6.07) is 28.3. The van der Waals surface area contributed by atoms with Gasteiger partial charge in [0.15, 0.2) is 0 Å². The summed E-state index contributed by atoms with van der Waals surface area (Å²) >= 11 is 0. The van der Waals surface area contributed by atoms with E-state index < -0.39 is 5.41 Å². The molecular formula is C33H24N6O. The Balaban J connectivity index is 1.54. The maximum absolute atomic E-state index is 6.44. The predicted molar refractivity (Wildman–Crippen MR) is 152 cm³/mol. The number of hydrogen-bond donors (Lipinski definition) is 0. The average Bonchev–Trinajstić information content (AvgIpc) is 3.01. The lowest BCUT2D eigenvalue weighted by atomic mass is 9.67. The molecule has 40 heavy (non-hydrogen) atoms. The third kappa shape index (κ3) is 3.82. The molecule has 7 heteroatoms. The Hall–Kier alpha value is -5.30. The third-order valence-corrected chi connectivity index (χ3v) is 7.22. The van der Waals surface area contributed by atoms with Crippen LogP contribution < -0.4 is 4.74 Å². The van der Waals surface area contributed by atoms with Gasteiger partial charge in [0.05, 0.1) is 22.8 Å². The van der Waals surface area contributed by atoms with Gasteiger partial charge in [0, 0.05) is 47.0 Å². The van der Waals surface area contributed by atoms with Crippen LogP contribution in [0.5, 0.6) is 11.5 Å². The average molecular weight is 521 g/mol. The Labute approximate surface area is 231 Å². The lowest BCUT2D eigenvalue weighted by Gasteiger charge is -2.39. The van der Waals surface area contributed by atoms with Crippen LogP contribution in [0.2, 0.25) is 0 Å². The molecule has 0 saturated carbocycles. The second kappa shape index (κ2) is 9.47. The third-order valence-electron chi connectivity index (χ3n) is 7.22. The summed E-state index contributed by atoms with van der Waals surface area (Å²) < 4.78 is 6.44. The highest BCUT2D eigenvalue weighted by molar-refractivity contribution is 5.69. The van der Waals surface area contributed by atoms with Crippen LogP contribution in [0.25, 0.3) is 22.5 Å². The lowest BCUT2D eigenvalue weighted by molar-refractivity contribution is 0.430. The maximum Gasteiger partial charge on any atom is 0.132 e. The number of aromatic nitrogens is 6. The van der Waals surface area contributed by atoms with Gasteiger partial charge in [-0.3, -0.25) is 9.97 Å². The van der Waals surface area contributed by atoms with Crippen molar-refractivity contribution in [2.24, 2.45) is 0 Å². The molecule has 6 aromatic rings. The number of para-hydroxylation sites is 2. The van der Waals surface area contributed by atoms with Crippen LogP contribution in [0.15, 0.2) is 110 Å². The molecule has 0 atom stereocenters. The molecule has 2 aromatic carbocycles. The van der Waals surface area contributed by atoms with Crippen molar-refractivity contribution in [1.82, 2.24) is 29.9 Å². The SMILES string of the molecule is Cc1ncc(-c2cccc(C3(c4cccc(-c5cnc(C)nc5)n4)c4ccccc4Oc4ccccc43)n2)cn1. The molecule has 0 radical (unpaired) electrons. The largest absolute Gasteiger partial charge is 0.457 e. The quantitative estimate of drug-likeness (QED) is 0.262. The highest BCUT2D eigenvalue weighted by atomic mass is 16.5. The van der Waals surface area contributed by atoms with Crippen LogP contribution in [-0.2, 0) is 5.41 Å². The molecule has 0 bridgehead atoms. The van der Waals surface area contributed by atoms with Crippen molar-refractivity contribution >= 4 is 0 Å². The van der Waals surface area contributed by atoms with Gasteiger partial charge in [-0.25, -0.2) is 19.9 Å². The Kier molecular flexibility index (Phi) is 5.63. The fraction of sp³-hybridized carbons (Fsp3) is 0.0909. The summed E-state index contributed by atoms with van der Waals surface area (Å²) in [5.74, 6) is 2.95. The minimum atomic E-state index is -0.867. The van der Waals surface area contributed by atoms with E-state index in [9.17, 15) is 0 Å². The highest BCUT2D eigenvalue weighted by Gasteiger charge is 2.47. The Morgan fingerprint density at radius 1 is 0.500 bits per heavy atom. The normalized spacial score (nSPS) is 13.2. The fourth-order valence-corrected chi connectivity index (χ4v) is 5.34. The van der Waals surface area contributed by atoms with Gasteiger partial charge in [0.2, 0.25) is 0 Å². The molecule has 0 amide bonds. The summed E-state index contributed by atoms with van der Waals surface area (Å²) in [4.78, 5) is 28.1. The standard InChI is InChI=1S/C33H24N6O/c1-21-34-17-23(18-35-21)27-11-7-15-31(38-27)33(32-16-8-12-28(39-32)24-19-36-22(2)37-20-24)25-9-3-5-13-29(25)40-30-14-6-4-10-26(30)33/h3-20H,1-2H3. The van der Waals surface area contributed by atoms with Crippen molar-refractivity contribution in [3.8, 4) is 34.0 Å². The van der Waals surface area contributed by atoms with E-state index in [4.69, 9.17) is 14.7 Å². The van der Waals surface area contributed by atoms with Crippen LogP contribution in [0.4, 0.5) is 0 Å². The van der Waals surface area contributed by atoms with Crippen molar-refractivity contribution in [2.75, 3.05) is 0 Å². The van der Waals surface area contributed by atoms with Crippen LogP contribution in [0, 0.1) is 13.8 Å². The summed E-state index contributed by atoms with van der Waals surface area (Å²) in [5.41, 5.74) is 5.94. The topological polar surface area (TPSA) is 86.6 Å². The van der Waals surface area contributed by atoms with Gasteiger partial charge in [-0.05, 0) is 50.2 Å². The molecule has 4 aromatic heterocycles. The van der Waals surface area contributed by atoms with Crippen molar-refractivity contribution in [3.63, 3.8) is 0 Å². The van der Waals surface area contributed by atoms with E-state index in [1.54, 1.807) is 0 Å². The second-order valence-electron chi connectivity index (χ2n) is 9.70. The van der Waals surface area contributed by atoms with Crippen LogP contribution in [0.1, 0.15) is 34.2 Å². The first kappa shape index (κ1) is 23.8. The molecule has 1 aliphatic heterocycles. The molecule has 7 rings (SSSR count). The first-order valence-corrected chi connectivity index (χ1v) is 13.0. The van der Waals surface area contributed by atoms with Gasteiger partial charge in [-0.1, -0.05) is 48.5 Å². The molecule has 192 valence electrons. The number of benzene rings is 2. The molecule has 5 heterocycles. The smallest absolute Gasteiger partial charge is 0.132 e. The zero-order valence-electron chi connectivity index (χ0n) is 22.0. The van der Waals surface area contributed by atoms with Crippen molar-refractivity contribution < 1.29 is 4.74 Å². The van der Waals surface area contributed by atoms with E-state index >= 15 is 0 Å². The van der Waals surface area contributed by atoms with Gasteiger partial charge in [-0.2, -0.15) is 0 Å². The molecule has 0 unspecified atom stereocenters. The minimum Gasteiger partial charge on any atom is -0.457 e. The van der Waals surface area contributed by atoms with E-state index in [2.05, 4.69) is 44.2 Å². The zero-order valence-corrected chi connectivity index (χ0v) is 22.0. The molecule has 0 spiro atoms. The highest BCUT2D eigenvalue weighted by Crippen LogP contribution is 2.54. The zero-order chi connectivity index (χ0) is 27.1. The summed E-state index contributed by atoms with van der Waals surface area (Å²) in [6.07, 6.45) is 7.24. The van der Waals surface area contributed by atoms with Crippen molar-refractivity contribution in [3.05, 3.63) is 144 Å². The summed E-state index contributed by atoms with van der Waals surface area (Å²) in [5, 5.41) is 0. The molecule has 7 nitrogen and oxygen atoms in total. The van der Waals surface area contributed by atoms with Gasteiger partial charge in [0.1, 0.15) is 28.6 Å². The van der Waals surface area contributed by atoms with Gasteiger partial charge >= 0.3 is 0 Å². The first-order valence-electron chi connectivity index (χ1n) is 13.0. The number of aryl methyl sites for hydroxylation is 2. The minimum absolute atomic E-state index is 0.713. The number of nitrogens with zero attached hydrogens (tertiary/aromatic N) is 6. The maximum atomic E-state index is 6.44. The molecule has 1 aliphatic rings. The number of pyridine rings is 2.